The Bertz CT molecular complexity index is 2540. The van der Waals surface area contributed by atoms with Crippen molar-refractivity contribution in [3.8, 4) is 33.4 Å². The summed E-state index contributed by atoms with van der Waals surface area (Å²) in [7, 11) is 0. The van der Waals surface area contributed by atoms with Gasteiger partial charge in [-0.1, -0.05) is 121 Å². The van der Waals surface area contributed by atoms with Crippen LogP contribution in [0.5, 0.6) is 0 Å². The van der Waals surface area contributed by atoms with Crippen LogP contribution < -0.4 is 9.80 Å². The Morgan fingerprint density at radius 2 is 0.717 bits per heavy atom. The van der Waals surface area contributed by atoms with E-state index < -0.39 is 0 Å². The number of benzene rings is 8. The van der Waals surface area contributed by atoms with Gasteiger partial charge in [-0.3, -0.25) is 0 Å². The SMILES string of the molecule is Cc1ccccc1-c1cc(N(c2ccccc2)c2ccc(-c3ccc(N(c4ccccc4)c4ccc5c(c4)-c4ccccc4C5)cc3)cc2)ccc1C. The fraction of sp³-hybridized carbons (Fsp3) is 0.0588. The van der Waals surface area contributed by atoms with E-state index in [-0.39, 0.29) is 0 Å². The number of rotatable bonds is 8. The number of hydrogen-bond donors (Lipinski definition) is 0. The summed E-state index contributed by atoms with van der Waals surface area (Å²) in [6.45, 7) is 4.38. The van der Waals surface area contributed by atoms with Crippen LogP contribution in [0.4, 0.5) is 34.1 Å². The molecule has 0 heterocycles. The lowest BCUT2D eigenvalue weighted by molar-refractivity contribution is 1.24. The summed E-state index contributed by atoms with van der Waals surface area (Å²) in [6, 6.07) is 70.4. The highest BCUT2D eigenvalue weighted by Crippen LogP contribution is 2.43. The molecule has 0 radical (unpaired) electrons. The van der Waals surface area contributed by atoms with E-state index in [1.807, 2.05) is 0 Å². The van der Waals surface area contributed by atoms with E-state index >= 15 is 0 Å². The molecular weight excluding hydrogens is 641 g/mol. The van der Waals surface area contributed by atoms with Gasteiger partial charge in [0.1, 0.15) is 0 Å². The second kappa shape index (κ2) is 13.8. The molecule has 0 amide bonds. The molecule has 0 spiro atoms. The van der Waals surface area contributed by atoms with Gasteiger partial charge in [0.2, 0.25) is 0 Å². The molecule has 0 bridgehead atoms. The van der Waals surface area contributed by atoms with Gasteiger partial charge in [-0.15, -0.1) is 0 Å². The summed E-state index contributed by atoms with van der Waals surface area (Å²) in [5.41, 5.74) is 19.7. The van der Waals surface area contributed by atoms with E-state index in [1.54, 1.807) is 0 Å². The van der Waals surface area contributed by atoms with Gasteiger partial charge in [-0.05, 0) is 149 Å². The fourth-order valence-electron chi connectivity index (χ4n) is 7.82. The average molecular weight is 681 g/mol. The highest BCUT2D eigenvalue weighted by molar-refractivity contribution is 5.86. The van der Waals surface area contributed by atoms with Gasteiger partial charge in [0.25, 0.3) is 0 Å². The first-order chi connectivity index (χ1) is 26.1. The minimum Gasteiger partial charge on any atom is -0.310 e. The second-order valence-corrected chi connectivity index (χ2v) is 13.9. The van der Waals surface area contributed by atoms with Crippen molar-refractivity contribution in [3.05, 3.63) is 216 Å². The molecule has 0 atom stereocenters. The molecule has 0 saturated carbocycles. The van der Waals surface area contributed by atoms with Gasteiger partial charge in [0.05, 0.1) is 0 Å². The fourth-order valence-corrected chi connectivity index (χ4v) is 7.82. The summed E-state index contributed by atoms with van der Waals surface area (Å²) in [5.74, 6) is 0. The van der Waals surface area contributed by atoms with Crippen LogP contribution in [0.25, 0.3) is 33.4 Å². The third-order valence-electron chi connectivity index (χ3n) is 10.6. The van der Waals surface area contributed by atoms with Gasteiger partial charge in [-0.2, -0.15) is 0 Å². The maximum atomic E-state index is 2.36. The van der Waals surface area contributed by atoms with Crippen molar-refractivity contribution in [3.63, 3.8) is 0 Å². The van der Waals surface area contributed by atoms with Gasteiger partial charge in [-0.25, -0.2) is 0 Å². The smallest absolute Gasteiger partial charge is 0.0467 e. The van der Waals surface area contributed by atoms with Crippen molar-refractivity contribution in [1.82, 2.24) is 0 Å². The molecule has 8 aromatic rings. The standard InChI is InChI=1S/C51H40N2/c1-36-13-9-11-19-48(36)50-34-46(27-21-37(50)2)52(42-15-5-3-6-16-42)44-28-22-38(23-29-44)39-24-30-45(31-25-39)53(43-17-7-4-8-18-43)47-32-26-41-33-40-14-10-12-20-49(40)51(41)35-47/h3-32,34-35H,33H2,1-2H3. The van der Waals surface area contributed by atoms with Crippen molar-refractivity contribution in [2.45, 2.75) is 20.3 Å². The monoisotopic (exact) mass is 680 g/mol. The van der Waals surface area contributed by atoms with Crippen LogP contribution in [0.3, 0.4) is 0 Å². The maximum Gasteiger partial charge on any atom is 0.0467 e. The number of fused-ring (bicyclic) bond motifs is 3. The molecule has 53 heavy (non-hydrogen) atoms. The Morgan fingerprint density at radius 3 is 1.30 bits per heavy atom. The molecule has 9 rings (SSSR count). The van der Waals surface area contributed by atoms with E-state index in [4.69, 9.17) is 0 Å². The van der Waals surface area contributed by atoms with Crippen LogP contribution in [-0.4, -0.2) is 0 Å². The minimum absolute atomic E-state index is 0.993. The van der Waals surface area contributed by atoms with Crippen molar-refractivity contribution in [2.75, 3.05) is 9.80 Å². The summed E-state index contributed by atoms with van der Waals surface area (Å²) in [4.78, 5) is 4.71. The van der Waals surface area contributed by atoms with Crippen molar-refractivity contribution in [2.24, 2.45) is 0 Å². The highest BCUT2D eigenvalue weighted by atomic mass is 15.1. The number of aryl methyl sites for hydroxylation is 2. The maximum absolute atomic E-state index is 2.36. The molecule has 2 heteroatoms. The lowest BCUT2D eigenvalue weighted by Gasteiger charge is -2.27. The Hall–Kier alpha value is -6.64. The molecule has 0 fully saturated rings. The van der Waals surface area contributed by atoms with Crippen molar-refractivity contribution in [1.29, 1.82) is 0 Å². The molecular formula is C51H40N2. The van der Waals surface area contributed by atoms with Crippen LogP contribution >= 0.6 is 0 Å². The molecule has 0 unspecified atom stereocenters. The van der Waals surface area contributed by atoms with Crippen molar-refractivity contribution < 1.29 is 0 Å². The zero-order chi connectivity index (χ0) is 35.7. The first kappa shape index (κ1) is 32.3. The molecule has 1 aliphatic rings. The third-order valence-corrected chi connectivity index (χ3v) is 10.6. The summed E-state index contributed by atoms with van der Waals surface area (Å²) >= 11 is 0. The Labute approximate surface area is 312 Å². The number of para-hydroxylation sites is 2. The van der Waals surface area contributed by atoms with Crippen LogP contribution in [0.15, 0.2) is 194 Å². The molecule has 2 nitrogen and oxygen atoms in total. The molecule has 0 aliphatic heterocycles. The van der Waals surface area contributed by atoms with Crippen LogP contribution in [0, 0.1) is 13.8 Å². The predicted octanol–water partition coefficient (Wildman–Crippen LogP) is 14.1. The quantitative estimate of drug-likeness (QED) is 0.158. The number of hydrogen-bond acceptors (Lipinski definition) is 2. The minimum atomic E-state index is 0.993. The molecule has 1 aliphatic carbocycles. The topological polar surface area (TPSA) is 6.48 Å². The van der Waals surface area contributed by atoms with Crippen LogP contribution in [-0.2, 0) is 6.42 Å². The second-order valence-electron chi connectivity index (χ2n) is 13.9. The first-order valence-corrected chi connectivity index (χ1v) is 18.4. The largest absolute Gasteiger partial charge is 0.310 e. The Kier molecular flexibility index (Phi) is 8.42. The predicted molar refractivity (Wildman–Crippen MR) is 224 cm³/mol. The van der Waals surface area contributed by atoms with E-state index in [2.05, 4.69) is 218 Å². The zero-order valence-corrected chi connectivity index (χ0v) is 30.1. The third kappa shape index (κ3) is 6.19. The van der Waals surface area contributed by atoms with Gasteiger partial charge in [0, 0.05) is 34.1 Å². The van der Waals surface area contributed by atoms with E-state index in [0.29, 0.717) is 0 Å². The lowest BCUT2D eigenvalue weighted by Crippen LogP contribution is -2.10. The normalized spacial score (nSPS) is 11.5. The number of nitrogens with zero attached hydrogens (tertiary/aromatic N) is 2. The lowest BCUT2D eigenvalue weighted by atomic mass is 9.95. The van der Waals surface area contributed by atoms with Crippen molar-refractivity contribution >= 4 is 34.1 Å². The van der Waals surface area contributed by atoms with Gasteiger partial charge in [0.15, 0.2) is 0 Å². The Morgan fingerprint density at radius 1 is 0.302 bits per heavy atom. The molecule has 254 valence electrons. The van der Waals surface area contributed by atoms with E-state index in [0.717, 1.165) is 40.5 Å². The van der Waals surface area contributed by atoms with Crippen LogP contribution in [0.2, 0.25) is 0 Å². The number of anilines is 6. The summed E-state index contributed by atoms with van der Waals surface area (Å²) in [5, 5.41) is 0. The molecule has 0 aromatic heterocycles. The first-order valence-electron chi connectivity index (χ1n) is 18.4. The zero-order valence-electron chi connectivity index (χ0n) is 30.1. The molecule has 0 N–H and O–H groups in total. The highest BCUT2D eigenvalue weighted by Gasteiger charge is 2.21. The molecule has 0 saturated heterocycles. The summed E-state index contributed by atoms with van der Waals surface area (Å²) in [6.07, 6.45) is 0.993. The van der Waals surface area contributed by atoms with E-state index in [9.17, 15) is 0 Å². The summed E-state index contributed by atoms with van der Waals surface area (Å²) < 4.78 is 0. The Balaban J connectivity index is 1.05. The van der Waals surface area contributed by atoms with Crippen LogP contribution in [0.1, 0.15) is 22.3 Å². The van der Waals surface area contributed by atoms with Gasteiger partial charge >= 0.3 is 0 Å². The average Bonchev–Trinajstić information content (AvgIpc) is 3.59. The molecule has 8 aromatic carbocycles. The van der Waals surface area contributed by atoms with Gasteiger partial charge < -0.3 is 9.80 Å². The van der Waals surface area contributed by atoms with E-state index in [1.165, 1.54) is 55.6 Å².